The maximum absolute atomic E-state index is 13.5. The van der Waals surface area contributed by atoms with E-state index in [1.165, 1.54) is 15.9 Å². The van der Waals surface area contributed by atoms with Gasteiger partial charge in [-0.15, -0.1) is 0 Å². The summed E-state index contributed by atoms with van der Waals surface area (Å²) in [5, 5.41) is 9.54. The standard InChI is InChI=1S/C26H24N2O5S/c1-4-14-33-20-12-8-18(9-13-20)23-22(25(31)32-5-2)16(3)27-26-28(23)24(30)21(34-26)15-17-6-10-19(29)11-7-17/h4,6-13,15,23,29H,1,5,14H2,2-3H3/t23-/m1/s1. The molecule has 2 aromatic carbocycles. The summed E-state index contributed by atoms with van der Waals surface area (Å²) in [4.78, 5) is 31.5. The maximum atomic E-state index is 13.5. The molecule has 7 nitrogen and oxygen atoms in total. The minimum absolute atomic E-state index is 0.147. The molecule has 1 aliphatic rings. The molecule has 0 spiro atoms. The number of esters is 1. The Morgan fingerprint density at radius 3 is 2.56 bits per heavy atom. The van der Waals surface area contributed by atoms with Crippen LogP contribution in [0.5, 0.6) is 11.5 Å². The number of carbonyl (C=O) groups excluding carboxylic acids is 1. The molecule has 0 radical (unpaired) electrons. The molecule has 174 valence electrons. The third-order valence-electron chi connectivity index (χ3n) is 5.27. The third-order valence-corrected chi connectivity index (χ3v) is 6.25. The van der Waals surface area contributed by atoms with E-state index in [0.717, 1.165) is 11.1 Å². The lowest BCUT2D eigenvalue weighted by Gasteiger charge is -2.24. The van der Waals surface area contributed by atoms with Crippen molar-refractivity contribution in [3.63, 3.8) is 0 Å². The molecule has 1 N–H and O–H groups in total. The van der Waals surface area contributed by atoms with E-state index in [-0.39, 0.29) is 17.9 Å². The van der Waals surface area contributed by atoms with Crippen molar-refractivity contribution in [3.05, 3.63) is 103 Å². The lowest BCUT2D eigenvalue weighted by atomic mass is 9.96. The molecule has 0 fully saturated rings. The predicted molar refractivity (Wildman–Crippen MR) is 131 cm³/mol. The normalized spacial score (nSPS) is 15.5. The van der Waals surface area contributed by atoms with Gasteiger partial charge in [0.2, 0.25) is 0 Å². The van der Waals surface area contributed by atoms with E-state index in [2.05, 4.69) is 11.6 Å². The number of allylic oxidation sites excluding steroid dienone is 1. The number of thiazole rings is 1. The number of hydrogen-bond donors (Lipinski definition) is 1. The molecule has 8 heteroatoms. The van der Waals surface area contributed by atoms with Crippen molar-refractivity contribution in [1.29, 1.82) is 0 Å². The van der Waals surface area contributed by atoms with Crippen LogP contribution in [0.15, 0.2) is 82.2 Å². The molecule has 1 atom stereocenters. The average molecular weight is 477 g/mol. The molecule has 0 unspecified atom stereocenters. The van der Waals surface area contributed by atoms with Crippen molar-refractivity contribution in [2.75, 3.05) is 13.2 Å². The first-order valence-electron chi connectivity index (χ1n) is 10.7. The molecule has 2 heterocycles. The lowest BCUT2D eigenvalue weighted by Crippen LogP contribution is -2.39. The lowest BCUT2D eigenvalue weighted by molar-refractivity contribution is -0.139. The molecule has 4 rings (SSSR count). The summed E-state index contributed by atoms with van der Waals surface area (Å²) < 4.78 is 12.9. The number of benzene rings is 2. The zero-order valence-corrected chi connectivity index (χ0v) is 19.7. The number of aromatic hydroxyl groups is 1. The van der Waals surface area contributed by atoms with E-state index >= 15 is 0 Å². The van der Waals surface area contributed by atoms with Gasteiger partial charge in [0.05, 0.1) is 28.5 Å². The highest BCUT2D eigenvalue weighted by Crippen LogP contribution is 2.31. The van der Waals surface area contributed by atoms with Gasteiger partial charge >= 0.3 is 5.97 Å². The van der Waals surface area contributed by atoms with Gasteiger partial charge in [-0.1, -0.05) is 48.3 Å². The highest BCUT2D eigenvalue weighted by atomic mass is 32.1. The summed E-state index contributed by atoms with van der Waals surface area (Å²) in [7, 11) is 0. The van der Waals surface area contributed by atoms with Crippen molar-refractivity contribution < 1.29 is 19.4 Å². The van der Waals surface area contributed by atoms with Crippen LogP contribution in [0.2, 0.25) is 0 Å². The second kappa shape index (κ2) is 9.93. The van der Waals surface area contributed by atoms with Crippen molar-refractivity contribution in [3.8, 4) is 11.5 Å². The molecule has 0 aliphatic carbocycles. The van der Waals surface area contributed by atoms with Crippen LogP contribution in [-0.4, -0.2) is 28.9 Å². The Balaban J connectivity index is 1.88. The van der Waals surface area contributed by atoms with Crippen molar-refractivity contribution >= 4 is 23.4 Å². The predicted octanol–water partition coefficient (Wildman–Crippen LogP) is 3.07. The Morgan fingerprint density at radius 2 is 1.91 bits per heavy atom. The second-order valence-corrected chi connectivity index (χ2v) is 8.57. The summed E-state index contributed by atoms with van der Waals surface area (Å²) in [5.74, 6) is 0.296. The number of rotatable bonds is 7. The number of ether oxygens (including phenoxy) is 2. The Bertz CT molecular complexity index is 1430. The summed E-state index contributed by atoms with van der Waals surface area (Å²) in [6, 6.07) is 13.1. The summed E-state index contributed by atoms with van der Waals surface area (Å²) in [6.07, 6.45) is 3.40. The van der Waals surface area contributed by atoms with E-state index < -0.39 is 12.0 Å². The van der Waals surface area contributed by atoms with E-state index in [0.29, 0.717) is 33.0 Å². The number of phenolic OH excluding ortho intramolecular Hbond substituents is 1. The number of fused-ring (bicyclic) bond motifs is 1. The monoisotopic (exact) mass is 476 g/mol. The van der Waals surface area contributed by atoms with Crippen LogP contribution in [0.25, 0.3) is 6.08 Å². The second-order valence-electron chi connectivity index (χ2n) is 7.56. The summed E-state index contributed by atoms with van der Waals surface area (Å²) >= 11 is 1.25. The Morgan fingerprint density at radius 1 is 1.21 bits per heavy atom. The van der Waals surface area contributed by atoms with Crippen LogP contribution < -0.4 is 19.6 Å². The molecular weight excluding hydrogens is 452 g/mol. The molecule has 1 aromatic heterocycles. The Kier molecular flexibility index (Phi) is 6.79. The van der Waals surface area contributed by atoms with Crippen molar-refractivity contribution in [2.45, 2.75) is 19.9 Å². The van der Waals surface area contributed by atoms with Crippen LogP contribution in [0.4, 0.5) is 0 Å². The number of hydrogen-bond acceptors (Lipinski definition) is 7. The quantitative estimate of drug-likeness (QED) is 0.418. The zero-order chi connectivity index (χ0) is 24.2. The van der Waals surface area contributed by atoms with Gasteiger partial charge < -0.3 is 14.6 Å². The summed E-state index contributed by atoms with van der Waals surface area (Å²) in [5.41, 5.74) is 2.08. The molecule has 0 saturated carbocycles. The van der Waals surface area contributed by atoms with Gasteiger partial charge in [-0.25, -0.2) is 9.79 Å². The minimum atomic E-state index is -0.689. The van der Waals surface area contributed by atoms with Crippen molar-refractivity contribution in [2.24, 2.45) is 4.99 Å². The maximum Gasteiger partial charge on any atom is 0.338 e. The topological polar surface area (TPSA) is 90.1 Å². The zero-order valence-electron chi connectivity index (χ0n) is 18.9. The first kappa shape index (κ1) is 23.3. The fourth-order valence-electron chi connectivity index (χ4n) is 3.73. The SMILES string of the molecule is C=CCOc1ccc([C@@H]2C(C(=O)OCC)=C(C)N=c3sc(=Cc4ccc(O)cc4)c(=O)n32)cc1. The first-order valence-corrected chi connectivity index (χ1v) is 11.6. The first-order chi connectivity index (χ1) is 16.4. The Labute approximate surface area is 200 Å². The van der Waals surface area contributed by atoms with Crippen LogP contribution in [0, 0.1) is 0 Å². The molecule has 34 heavy (non-hydrogen) atoms. The van der Waals surface area contributed by atoms with E-state index in [9.17, 15) is 14.7 Å². The van der Waals surface area contributed by atoms with Crippen LogP contribution in [0.1, 0.15) is 31.0 Å². The number of aromatic nitrogens is 1. The molecule has 0 saturated heterocycles. The highest BCUT2D eigenvalue weighted by molar-refractivity contribution is 7.07. The van der Waals surface area contributed by atoms with Crippen LogP contribution >= 0.6 is 11.3 Å². The van der Waals surface area contributed by atoms with Crippen LogP contribution in [0.3, 0.4) is 0 Å². The van der Waals surface area contributed by atoms with Gasteiger partial charge in [-0.05, 0) is 55.3 Å². The van der Waals surface area contributed by atoms with Gasteiger partial charge in [0.15, 0.2) is 4.80 Å². The van der Waals surface area contributed by atoms with Crippen molar-refractivity contribution in [1.82, 2.24) is 4.57 Å². The average Bonchev–Trinajstić information content (AvgIpc) is 3.13. The fraction of sp³-hybridized carbons (Fsp3) is 0.192. The van der Waals surface area contributed by atoms with Crippen LogP contribution in [-0.2, 0) is 9.53 Å². The molecular formula is C26H24N2O5S. The largest absolute Gasteiger partial charge is 0.508 e. The smallest absolute Gasteiger partial charge is 0.338 e. The molecule has 3 aromatic rings. The van der Waals surface area contributed by atoms with Gasteiger partial charge in [0.25, 0.3) is 5.56 Å². The van der Waals surface area contributed by atoms with E-state index in [1.807, 2.05) is 12.1 Å². The molecule has 1 aliphatic heterocycles. The number of carbonyl (C=O) groups is 1. The molecule has 0 amide bonds. The molecule has 0 bridgehead atoms. The van der Waals surface area contributed by atoms with Gasteiger partial charge in [-0.2, -0.15) is 0 Å². The van der Waals surface area contributed by atoms with E-state index in [1.54, 1.807) is 62.4 Å². The van der Waals surface area contributed by atoms with E-state index in [4.69, 9.17) is 9.47 Å². The highest BCUT2D eigenvalue weighted by Gasteiger charge is 2.33. The Hall–Kier alpha value is -3.91. The van der Waals surface area contributed by atoms with Gasteiger partial charge in [0, 0.05) is 0 Å². The minimum Gasteiger partial charge on any atom is -0.508 e. The number of phenols is 1. The van der Waals surface area contributed by atoms with Gasteiger partial charge in [-0.3, -0.25) is 9.36 Å². The third kappa shape index (κ3) is 4.58. The number of nitrogens with zero attached hydrogens (tertiary/aromatic N) is 2. The summed E-state index contributed by atoms with van der Waals surface area (Å²) in [6.45, 7) is 7.72. The van der Waals surface area contributed by atoms with Gasteiger partial charge in [0.1, 0.15) is 18.1 Å². The fourth-order valence-corrected chi connectivity index (χ4v) is 4.78.